The molecule has 0 bridgehead atoms. The fraction of sp³-hybridized carbons (Fsp3) is 0.600. The fourth-order valence-corrected chi connectivity index (χ4v) is 5.58. The quantitative estimate of drug-likeness (QED) is 0.237. The normalized spacial score (nSPS) is 24.0. The van der Waals surface area contributed by atoms with Gasteiger partial charge in [0.05, 0.1) is 0 Å². The Kier molecular flexibility index (Phi) is 10.2. The van der Waals surface area contributed by atoms with Gasteiger partial charge in [0.2, 0.25) is 0 Å². The number of rotatable bonds is 11. The van der Waals surface area contributed by atoms with Crippen LogP contribution in [0.3, 0.4) is 0 Å². The molecule has 0 N–H and O–H groups in total. The van der Waals surface area contributed by atoms with Gasteiger partial charge in [-0.3, -0.25) is 0 Å². The van der Waals surface area contributed by atoms with Crippen molar-refractivity contribution < 1.29 is 8.78 Å². The first-order valence-corrected chi connectivity index (χ1v) is 13.1. The summed E-state index contributed by atoms with van der Waals surface area (Å²) in [4.78, 5) is 0. The Balaban J connectivity index is 1.49. The summed E-state index contributed by atoms with van der Waals surface area (Å²) in [7, 11) is 0. The highest BCUT2D eigenvalue weighted by molar-refractivity contribution is 5.67. The van der Waals surface area contributed by atoms with Crippen LogP contribution in [0.4, 0.5) is 8.78 Å². The highest BCUT2D eigenvalue weighted by Crippen LogP contribution is 2.35. The van der Waals surface area contributed by atoms with Crippen LogP contribution in [0.15, 0.2) is 43.0 Å². The lowest BCUT2D eigenvalue weighted by atomic mass is 9.80. The van der Waals surface area contributed by atoms with Gasteiger partial charge in [-0.2, -0.15) is 0 Å². The largest absolute Gasteiger partial charge is 0.203 e. The van der Waals surface area contributed by atoms with E-state index in [9.17, 15) is 8.78 Å². The second-order valence-electron chi connectivity index (χ2n) is 10.0. The summed E-state index contributed by atoms with van der Waals surface area (Å²) in [6.45, 7) is 6.05. The lowest BCUT2D eigenvalue weighted by Crippen LogP contribution is -2.12. The van der Waals surface area contributed by atoms with Gasteiger partial charge < -0.3 is 0 Å². The van der Waals surface area contributed by atoms with Crippen LogP contribution in [-0.2, 0) is 6.42 Å². The Morgan fingerprint density at radius 2 is 1.78 bits per heavy atom. The Morgan fingerprint density at radius 3 is 2.47 bits per heavy atom. The Labute approximate surface area is 194 Å². The molecule has 0 radical (unpaired) electrons. The summed E-state index contributed by atoms with van der Waals surface area (Å²) in [6, 6.07) is 3.60. The van der Waals surface area contributed by atoms with Crippen LogP contribution in [0.2, 0.25) is 0 Å². The molecule has 2 aliphatic carbocycles. The van der Waals surface area contributed by atoms with E-state index in [0.29, 0.717) is 29.4 Å². The van der Waals surface area contributed by atoms with Crippen LogP contribution < -0.4 is 0 Å². The van der Waals surface area contributed by atoms with Crippen LogP contribution in [-0.4, -0.2) is 0 Å². The monoisotopic (exact) mass is 440 g/mol. The van der Waals surface area contributed by atoms with Gasteiger partial charge in [0.25, 0.3) is 0 Å². The molecule has 2 heteroatoms. The molecule has 32 heavy (non-hydrogen) atoms. The van der Waals surface area contributed by atoms with Gasteiger partial charge in [-0.15, -0.1) is 6.58 Å². The van der Waals surface area contributed by atoms with Crippen LogP contribution in [0.5, 0.6) is 0 Å². The summed E-state index contributed by atoms with van der Waals surface area (Å²) in [6.07, 6.45) is 24.2. The molecular formula is C30H42F2. The van der Waals surface area contributed by atoms with Gasteiger partial charge >= 0.3 is 0 Å². The topological polar surface area (TPSA) is 0 Å². The van der Waals surface area contributed by atoms with E-state index in [4.69, 9.17) is 0 Å². The number of hydrogen-bond donors (Lipinski definition) is 0. The molecule has 176 valence electrons. The van der Waals surface area contributed by atoms with Gasteiger partial charge in [0.15, 0.2) is 11.6 Å². The highest BCUT2D eigenvalue weighted by Gasteiger charge is 2.21. The SMILES string of the molecule is C=CCCCC1CC=C(c2ccc(CC/C=C/C3CCC(CCC)CC3)c(F)c2F)CC1. The maximum atomic E-state index is 14.8. The molecule has 0 spiro atoms. The predicted octanol–water partition coefficient (Wildman–Crippen LogP) is 9.60. The number of unbranched alkanes of at least 4 members (excludes halogenated alkanes) is 1. The Morgan fingerprint density at radius 1 is 0.969 bits per heavy atom. The molecular weight excluding hydrogens is 398 g/mol. The van der Waals surface area contributed by atoms with E-state index in [0.717, 1.165) is 43.6 Å². The van der Waals surface area contributed by atoms with E-state index < -0.39 is 11.6 Å². The number of aryl methyl sites for hydroxylation is 1. The van der Waals surface area contributed by atoms with Crippen molar-refractivity contribution in [3.05, 3.63) is 65.8 Å². The van der Waals surface area contributed by atoms with Crippen molar-refractivity contribution in [1.29, 1.82) is 0 Å². The smallest absolute Gasteiger partial charge is 0.166 e. The van der Waals surface area contributed by atoms with Gasteiger partial charge in [-0.05, 0) is 106 Å². The molecule has 0 nitrogen and oxygen atoms in total. The number of benzene rings is 1. The molecule has 1 aromatic rings. The third kappa shape index (κ3) is 7.15. The van der Waals surface area contributed by atoms with Crippen molar-refractivity contribution >= 4 is 5.57 Å². The van der Waals surface area contributed by atoms with Gasteiger partial charge in [0, 0.05) is 5.56 Å². The van der Waals surface area contributed by atoms with Crippen LogP contribution in [0.1, 0.15) is 102 Å². The standard InChI is InChI=1S/C30H42F2/c1-3-5-6-10-25-17-19-26(20-18-25)28-22-21-27(29(31)30(28)32)12-8-7-11-24-15-13-23(9-4-2)14-16-24/h3,7,11,19,21-25H,1,4-6,8-10,12-18,20H2,2H3/b11-7+. The molecule has 1 atom stereocenters. The first kappa shape index (κ1) is 24.9. The number of halogens is 2. The van der Waals surface area contributed by atoms with Crippen molar-refractivity contribution in [2.45, 2.75) is 96.8 Å². The second kappa shape index (κ2) is 13.1. The second-order valence-corrected chi connectivity index (χ2v) is 10.0. The zero-order valence-corrected chi connectivity index (χ0v) is 20.1. The minimum absolute atomic E-state index is 0.468. The number of allylic oxidation sites excluding steroid dienone is 5. The lowest BCUT2D eigenvalue weighted by molar-refractivity contribution is 0.294. The van der Waals surface area contributed by atoms with Crippen LogP contribution >= 0.6 is 0 Å². The average molecular weight is 441 g/mol. The Bertz CT molecular complexity index is 780. The van der Waals surface area contributed by atoms with Crippen molar-refractivity contribution in [3.8, 4) is 0 Å². The van der Waals surface area contributed by atoms with E-state index in [1.54, 1.807) is 12.1 Å². The van der Waals surface area contributed by atoms with E-state index >= 15 is 0 Å². The van der Waals surface area contributed by atoms with Crippen molar-refractivity contribution in [3.63, 3.8) is 0 Å². The molecule has 0 aliphatic heterocycles. The summed E-state index contributed by atoms with van der Waals surface area (Å²) in [5.41, 5.74) is 1.95. The van der Waals surface area contributed by atoms with Crippen molar-refractivity contribution in [1.82, 2.24) is 0 Å². The molecule has 0 heterocycles. The Hall–Kier alpha value is -1.70. The third-order valence-corrected chi connectivity index (χ3v) is 7.63. The minimum atomic E-state index is -0.655. The summed E-state index contributed by atoms with van der Waals surface area (Å²) in [5, 5.41) is 0. The molecule has 1 aromatic carbocycles. The summed E-state index contributed by atoms with van der Waals surface area (Å²) < 4.78 is 29.6. The summed E-state index contributed by atoms with van der Waals surface area (Å²) in [5.74, 6) is 0.954. The molecule has 0 aromatic heterocycles. The molecule has 1 unspecified atom stereocenters. The van der Waals surface area contributed by atoms with E-state index in [2.05, 4.69) is 31.7 Å². The summed E-state index contributed by atoms with van der Waals surface area (Å²) >= 11 is 0. The van der Waals surface area contributed by atoms with Gasteiger partial charge in [0.1, 0.15) is 0 Å². The predicted molar refractivity (Wildman–Crippen MR) is 134 cm³/mol. The lowest BCUT2D eigenvalue weighted by Gasteiger charge is -2.26. The molecule has 2 aliphatic rings. The third-order valence-electron chi connectivity index (χ3n) is 7.63. The number of hydrogen-bond acceptors (Lipinski definition) is 0. The minimum Gasteiger partial charge on any atom is -0.203 e. The molecule has 3 rings (SSSR count). The average Bonchev–Trinajstić information content (AvgIpc) is 2.81. The molecule has 1 fully saturated rings. The maximum Gasteiger partial charge on any atom is 0.166 e. The van der Waals surface area contributed by atoms with Crippen molar-refractivity contribution in [2.24, 2.45) is 17.8 Å². The van der Waals surface area contributed by atoms with Crippen LogP contribution in [0, 0.1) is 29.4 Å². The molecule has 1 saturated carbocycles. The zero-order chi connectivity index (χ0) is 22.8. The fourth-order valence-electron chi connectivity index (χ4n) is 5.58. The maximum absolute atomic E-state index is 14.8. The molecule has 0 amide bonds. The van der Waals surface area contributed by atoms with Crippen LogP contribution in [0.25, 0.3) is 5.57 Å². The zero-order valence-electron chi connectivity index (χ0n) is 20.1. The first-order valence-electron chi connectivity index (χ1n) is 13.1. The first-order chi connectivity index (χ1) is 15.6. The molecule has 0 saturated heterocycles. The highest BCUT2D eigenvalue weighted by atomic mass is 19.2. The van der Waals surface area contributed by atoms with E-state index in [-0.39, 0.29) is 0 Å². The van der Waals surface area contributed by atoms with Crippen molar-refractivity contribution in [2.75, 3.05) is 0 Å². The van der Waals surface area contributed by atoms with Gasteiger partial charge in [-0.25, -0.2) is 8.78 Å². The van der Waals surface area contributed by atoms with E-state index in [1.165, 1.54) is 51.4 Å². The van der Waals surface area contributed by atoms with Gasteiger partial charge in [-0.1, -0.05) is 56.2 Å². The van der Waals surface area contributed by atoms with E-state index in [1.807, 2.05) is 6.08 Å².